The van der Waals surface area contributed by atoms with Crippen LogP contribution in [0.15, 0.2) is 42.5 Å². The van der Waals surface area contributed by atoms with Gasteiger partial charge in [-0.3, -0.25) is 4.79 Å². The van der Waals surface area contributed by atoms with Gasteiger partial charge in [0.25, 0.3) is 5.91 Å². The zero-order valence-electron chi connectivity index (χ0n) is 18.1. The van der Waals surface area contributed by atoms with Gasteiger partial charge in [0, 0.05) is 21.8 Å². The highest BCUT2D eigenvalue weighted by molar-refractivity contribution is 7.21. The maximum Gasteiger partial charge on any atom is 0.267 e. The number of anilines is 2. The van der Waals surface area contributed by atoms with Gasteiger partial charge in [0.05, 0.1) is 5.69 Å². The number of aromatic nitrogens is 1. The summed E-state index contributed by atoms with van der Waals surface area (Å²) < 4.78 is 0. The van der Waals surface area contributed by atoms with Gasteiger partial charge >= 0.3 is 0 Å². The van der Waals surface area contributed by atoms with E-state index in [0.717, 1.165) is 69.5 Å². The molecular formula is C26H24ClN3OS. The van der Waals surface area contributed by atoms with Crippen molar-refractivity contribution >= 4 is 50.4 Å². The van der Waals surface area contributed by atoms with Crippen molar-refractivity contribution in [1.29, 1.82) is 0 Å². The molecule has 0 spiro atoms. The quantitative estimate of drug-likeness (QED) is 0.347. The number of fused-ring (bicyclic) bond motifs is 2. The number of aryl methyl sites for hydroxylation is 3. The molecule has 32 heavy (non-hydrogen) atoms. The average Bonchev–Trinajstić information content (AvgIpc) is 3.11. The summed E-state index contributed by atoms with van der Waals surface area (Å²) in [6.45, 7) is 3.99. The highest BCUT2D eigenvalue weighted by atomic mass is 35.5. The Labute approximate surface area is 196 Å². The van der Waals surface area contributed by atoms with Crippen molar-refractivity contribution < 1.29 is 4.79 Å². The first-order valence-corrected chi connectivity index (χ1v) is 12.0. The number of nitrogens with one attached hydrogen (secondary N) is 1. The van der Waals surface area contributed by atoms with E-state index < -0.39 is 0 Å². The number of pyridine rings is 1. The van der Waals surface area contributed by atoms with E-state index in [9.17, 15) is 4.79 Å². The van der Waals surface area contributed by atoms with Crippen LogP contribution in [0.4, 0.5) is 11.4 Å². The Hall–Kier alpha value is -2.89. The summed E-state index contributed by atoms with van der Waals surface area (Å²) in [5.41, 5.74) is 14.6. The summed E-state index contributed by atoms with van der Waals surface area (Å²) >= 11 is 7.52. The van der Waals surface area contributed by atoms with Crippen molar-refractivity contribution in [2.24, 2.45) is 0 Å². The normalized spacial score (nSPS) is 13.2. The lowest BCUT2D eigenvalue weighted by molar-refractivity contribution is 0.103. The van der Waals surface area contributed by atoms with Crippen LogP contribution in [0.1, 0.15) is 44.9 Å². The van der Waals surface area contributed by atoms with Gasteiger partial charge in [-0.1, -0.05) is 35.9 Å². The first kappa shape index (κ1) is 21.0. The lowest BCUT2D eigenvalue weighted by atomic mass is 9.87. The van der Waals surface area contributed by atoms with Crippen molar-refractivity contribution in [3.8, 4) is 11.1 Å². The van der Waals surface area contributed by atoms with Crippen molar-refractivity contribution in [2.75, 3.05) is 11.1 Å². The Morgan fingerprint density at radius 3 is 2.62 bits per heavy atom. The third kappa shape index (κ3) is 3.65. The highest BCUT2D eigenvalue weighted by Gasteiger charge is 2.26. The van der Waals surface area contributed by atoms with E-state index in [4.69, 9.17) is 22.3 Å². The number of benzene rings is 2. The number of carbonyl (C=O) groups excluding carboxylic acids is 1. The third-order valence-electron chi connectivity index (χ3n) is 6.13. The standard InChI is InChI=1S/C26H24ClN3OS/c1-14-7-8-15(2)20(13-14)29-25(31)24-23(28)22-21(16-9-11-17(27)12-10-16)18-5-3-4-6-19(18)30-26(22)32-24/h7-13H,3-6,28H2,1-2H3,(H,29,31). The van der Waals surface area contributed by atoms with Gasteiger partial charge in [-0.15, -0.1) is 11.3 Å². The number of halogens is 1. The molecule has 1 amide bonds. The molecule has 0 fully saturated rings. The largest absolute Gasteiger partial charge is 0.397 e. The molecule has 0 saturated carbocycles. The number of hydrogen-bond acceptors (Lipinski definition) is 4. The number of amides is 1. The summed E-state index contributed by atoms with van der Waals surface area (Å²) in [7, 11) is 0. The molecule has 1 aliphatic carbocycles. The fourth-order valence-electron chi connectivity index (χ4n) is 4.46. The molecule has 4 aromatic rings. The Kier molecular flexibility index (Phi) is 5.39. The van der Waals surface area contributed by atoms with Gasteiger partial charge in [0.15, 0.2) is 0 Å². The SMILES string of the molecule is Cc1ccc(C)c(NC(=O)c2sc3nc4c(c(-c5ccc(Cl)cc5)c3c2N)CCCC4)c1. The minimum atomic E-state index is -0.195. The predicted octanol–water partition coefficient (Wildman–Crippen LogP) is 6.95. The van der Waals surface area contributed by atoms with Crippen LogP contribution in [0.5, 0.6) is 0 Å². The van der Waals surface area contributed by atoms with Crippen LogP contribution in [0.3, 0.4) is 0 Å². The smallest absolute Gasteiger partial charge is 0.267 e. The lowest BCUT2D eigenvalue weighted by Crippen LogP contribution is -2.13. The number of nitrogen functional groups attached to an aromatic ring is 1. The summed E-state index contributed by atoms with van der Waals surface area (Å²) in [5.74, 6) is -0.195. The Morgan fingerprint density at radius 2 is 1.84 bits per heavy atom. The minimum Gasteiger partial charge on any atom is -0.397 e. The molecule has 5 rings (SSSR count). The maximum absolute atomic E-state index is 13.3. The number of nitrogens with zero attached hydrogens (tertiary/aromatic N) is 1. The predicted molar refractivity (Wildman–Crippen MR) is 135 cm³/mol. The molecule has 4 nitrogen and oxygen atoms in total. The first-order chi connectivity index (χ1) is 15.4. The fourth-order valence-corrected chi connectivity index (χ4v) is 5.61. The molecule has 2 aromatic heterocycles. The molecule has 2 heterocycles. The monoisotopic (exact) mass is 461 g/mol. The van der Waals surface area contributed by atoms with Crippen molar-refractivity contribution in [3.05, 3.63) is 74.7 Å². The summed E-state index contributed by atoms with van der Waals surface area (Å²) in [6, 6.07) is 13.9. The number of thiophene rings is 1. The summed E-state index contributed by atoms with van der Waals surface area (Å²) in [5, 5.41) is 4.62. The second-order valence-electron chi connectivity index (χ2n) is 8.42. The Bertz CT molecular complexity index is 1360. The van der Waals surface area contributed by atoms with Crippen LogP contribution in [0, 0.1) is 13.8 Å². The topological polar surface area (TPSA) is 68.0 Å². The number of hydrogen-bond donors (Lipinski definition) is 2. The van der Waals surface area contributed by atoms with Crippen molar-refractivity contribution in [1.82, 2.24) is 4.98 Å². The van der Waals surface area contributed by atoms with Crippen LogP contribution in [-0.2, 0) is 12.8 Å². The summed E-state index contributed by atoms with van der Waals surface area (Å²) in [6.07, 6.45) is 4.18. The second kappa shape index (κ2) is 8.23. The zero-order valence-corrected chi connectivity index (χ0v) is 19.7. The van der Waals surface area contributed by atoms with E-state index in [1.54, 1.807) is 0 Å². The molecule has 162 valence electrons. The lowest BCUT2D eigenvalue weighted by Gasteiger charge is -2.20. The molecule has 3 N–H and O–H groups in total. The van der Waals surface area contributed by atoms with Gasteiger partial charge < -0.3 is 11.1 Å². The third-order valence-corrected chi connectivity index (χ3v) is 7.48. The first-order valence-electron chi connectivity index (χ1n) is 10.8. The van der Waals surface area contributed by atoms with Crippen molar-refractivity contribution in [3.63, 3.8) is 0 Å². The van der Waals surface area contributed by atoms with Crippen LogP contribution in [0.25, 0.3) is 21.3 Å². The molecule has 0 atom stereocenters. The van der Waals surface area contributed by atoms with E-state index in [1.807, 2.05) is 56.3 Å². The molecule has 2 aromatic carbocycles. The molecule has 0 bridgehead atoms. The van der Waals surface area contributed by atoms with E-state index in [2.05, 4.69) is 5.32 Å². The van der Waals surface area contributed by atoms with Crippen molar-refractivity contribution in [2.45, 2.75) is 39.5 Å². The van der Waals surface area contributed by atoms with Crippen LogP contribution < -0.4 is 11.1 Å². The molecule has 0 aliphatic heterocycles. The van der Waals surface area contributed by atoms with E-state index in [-0.39, 0.29) is 5.91 Å². The molecule has 6 heteroatoms. The summed E-state index contributed by atoms with van der Waals surface area (Å²) in [4.78, 5) is 19.5. The number of rotatable bonds is 3. The number of nitrogens with two attached hydrogens (primary N) is 1. The highest BCUT2D eigenvalue weighted by Crippen LogP contribution is 2.44. The van der Waals surface area contributed by atoms with Gasteiger partial charge in [0.2, 0.25) is 0 Å². The number of carbonyl (C=O) groups is 1. The minimum absolute atomic E-state index is 0.195. The van der Waals surface area contributed by atoms with E-state index in [0.29, 0.717) is 15.6 Å². The zero-order chi connectivity index (χ0) is 22.4. The molecule has 0 radical (unpaired) electrons. The van der Waals surface area contributed by atoms with Crippen LogP contribution in [0.2, 0.25) is 5.02 Å². The molecule has 1 aliphatic rings. The van der Waals surface area contributed by atoms with Gasteiger partial charge in [-0.25, -0.2) is 4.98 Å². The van der Waals surface area contributed by atoms with Gasteiger partial charge in [-0.05, 0) is 85.5 Å². The van der Waals surface area contributed by atoms with Crippen LogP contribution >= 0.6 is 22.9 Å². The molecule has 0 saturated heterocycles. The van der Waals surface area contributed by atoms with E-state index >= 15 is 0 Å². The molecule has 0 unspecified atom stereocenters. The van der Waals surface area contributed by atoms with Gasteiger partial charge in [-0.2, -0.15) is 0 Å². The average molecular weight is 462 g/mol. The Morgan fingerprint density at radius 1 is 1.09 bits per heavy atom. The van der Waals surface area contributed by atoms with Gasteiger partial charge in [0.1, 0.15) is 9.71 Å². The fraction of sp³-hybridized carbons (Fsp3) is 0.231. The van der Waals surface area contributed by atoms with E-state index in [1.165, 1.54) is 16.9 Å². The maximum atomic E-state index is 13.3. The molecular weight excluding hydrogens is 438 g/mol. The Balaban J connectivity index is 1.67. The van der Waals surface area contributed by atoms with Crippen LogP contribution in [-0.4, -0.2) is 10.9 Å². The second-order valence-corrected chi connectivity index (χ2v) is 9.86.